The zero-order chi connectivity index (χ0) is 43.0. The molecule has 1 unspecified atom stereocenters. The molecular formula is C60H40N4O. The molecule has 3 aromatic heterocycles. The molecule has 0 spiro atoms. The van der Waals surface area contributed by atoms with Gasteiger partial charge < -0.3 is 4.57 Å². The van der Waals surface area contributed by atoms with Crippen molar-refractivity contribution in [2.24, 2.45) is 0 Å². The van der Waals surface area contributed by atoms with Crippen molar-refractivity contribution >= 4 is 54.4 Å². The number of nitrogens with zero attached hydrogens (tertiary/aromatic N) is 4. The smallest absolute Gasteiger partial charge is 0.267 e. The molecule has 0 fully saturated rings. The number of hydrogen-bond donors (Lipinski definition) is 0. The van der Waals surface area contributed by atoms with Crippen LogP contribution in [0.15, 0.2) is 217 Å². The molecule has 1 aliphatic carbocycles. The Balaban J connectivity index is 1.04. The molecule has 0 saturated heterocycles. The van der Waals surface area contributed by atoms with Crippen molar-refractivity contribution in [1.82, 2.24) is 19.1 Å². The van der Waals surface area contributed by atoms with Crippen LogP contribution in [0.4, 0.5) is 0 Å². The number of rotatable bonds is 5. The van der Waals surface area contributed by atoms with Crippen LogP contribution in [-0.2, 0) is 6.42 Å². The number of benzene rings is 9. The van der Waals surface area contributed by atoms with Crippen LogP contribution in [0.2, 0.25) is 0 Å². The average molecular weight is 833 g/mol. The van der Waals surface area contributed by atoms with Crippen LogP contribution in [-0.4, -0.2) is 19.1 Å². The van der Waals surface area contributed by atoms with Gasteiger partial charge in [0.2, 0.25) is 0 Å². The van der Waals surface area contributed by atoms with Gasteiger partial charge in [0.25, 0.3) is 5.56 Å². The molecular weight excluding hydrogens is 793 g/mol. The molecule has 13 rings (SSSR count). The quantitative estimate of drug-likeness (QED) is 0.162. The summed E-state index contributed by atoms with van der Waals surface area (Å²) in [7, 11) is 0. The number of para-hydroxylation sites is 3. The molecule has 65 heavy (non-hydrogen) atoms. The van der Waals surface area contributed by atoms with Crippen molar-refractivity contribution in [3.63, 3.8) is 0 Å². The van der Waals surface area contributed by atoms with Gasteiger partial charge >= 0.3 is 0 Å². The summed E-state index contributed by atoms with van der Waals surface area (Å²) in [6.45, 7) is 0. The van der Waals surface area contributed by atoms with Gasteiger partial charge in [0.1, 0.15) is 5.82 Å². The van der Waals surface area contributed by atoms with Crippen LogP contribution in [0.5, 0.6) is 0 Å². The first-order chi connectivity index (χ1) is 32.2. The van der Waals surface area contributed by atoms with E-state index in [2.05, 4.69) is 156 Å². The molecule has 12 aromatic rings. The van der Waals surface area contributed by atoms with E-state index in [4.69, 9.17) is 9.97 Å². The predicted molar refractivity (Wildman–Crippen MR) is 267 cm³/mol. The van der Waals surface area contributed by atoms with Crippen molar-refractivity contribution in [3.05, 3.63) is 240 Å². The Labute approximate surface area is 375 Å². The van der Waals surface area contributed by atoms with E-state index in [0.717, 1.165) is 68.4 Å². The van der Waals surface area contributed by atoms with Crippen molar-refractivity contribution in [2.45, 2.75) is 18.8 Å². The van der Waals surface area contributed by atoms with Crippen LogP contribution < -0.4 is 5.56 Å². The van der Waals surface area contributed by atoms with Crippen LogP contribution in [0.1, 0.15) is 29.3 Å². The van der Waals surface area contributed by atoms with Crippen molar-refractivity contribution in [1.29, 1.82) is 0 Å². The van der Waals surface area contributed by atoms with Gasteiger partial charge in [-0.15, -0.1) is 0 Å². The molecule has 1 aliphatic rings. The highest BCUT2D eigenvalue weighted by molar-refractivity contribution is 6.16. The summed E-state index contributed by atoms with van der Waals surface area (Å²) >= 11 is 0. The number of aryl methyl sites for hydroxylation is 1. The molecule has 3 heterocycles. The van der Waals surface area contributed by atoms with Gasteiger partial charge in [0, 0.05) is 44.4 Å². The van der Waals surface area contributed by atoms with E-state index in [1.807, 2.05) is 65.2 Å². The van der Waals surface area contributed by atoms with Gasteiger partial charge in [-0.3, -0.25) is 9.36 Å². The Hall–Kier alpha value is -8.41. The molecule has 0 N–H and O–H groups in total. The Kier molecular flexibility index (Phi) is 8.50. The summed E-state index contributed by atoms with van der Waals surface area (Å²) in [5, 5.41) is 5.95. The van der Waals surface area contributed by atoms with Crippen LogP contribution in [0, 0.1) is 0 Å². The van der Waals surface area contributed by atoms with Crippen LogP contribution in [0.3, 0.4) is 0 Å². The molecule has 1 atom stereocenters. The fourth-order valence-corrected chi connectivity index (χ4v) is 10.6. The maximum atomic E-state index is 15.4. The summed E-state index contributed by atoms with van der Waals surface area (Å²) in [4.78, 5) is 26.4. The molecule has 0 saturated carbocycles. The third-order valence-electron chi connectivity index (χ3n) is 13.6. The third-order valence-corrected chi connectivity index (χ3v) is 13.6. The van der Waals surface area contributed by atoms with Crippen LogP contribution in [0.25, 0.3) is 99.3 Å². The zero-order valence-corrected chi connectivity index (χ0v) is 35.4. The second kappa shape index (κ2) is 14.9. The van der Waals surface area contributed by atoms with Crippen molar-refractivity contribution in [3.8, 4) is 44.9 Å². The minimum atomic E-state index is -0.142. The summed E-state index contributed by atoms with van der Waals surface area (Å²) in [5.74, 6) is 0.580. The first-order valence-corrected chi connectivity index (χ1v) is 22.4. The van der Waals surface area contributed by atoms with E-state index in [1.165, 1.54) is 44.1 Å². The highest BCUT2D eigenvalue weighted by Crippen LogP contribution is 2.45. The molecule has 306 valence electrons. The van der Waals surface area contributed by atoms with E-state index in [-0.39, 0.29) is 11.5 Å². The zero-order valence-electron chi connectivity index (χ0n) is 35.4. The molecule has 0 radical (unpaired) electrons. The summed E-state index contributed by atoms with van der Waals surface area (Å²) in [6, 6.07) is 74.7. The van der Waals surface area contributed by atoms with E-state index in [9.17, 15) is 0 Å². The Bertz CT molecular complexity index is 3910. The normalized spacial score (nSPS) is 13.6. The second-order valence-electron chi connectivity index (χ2n) is 17.1. The van der Waals surface area contributed by atoms with E-state index >= 15 is 4.79 Å². The number of fused-ring (bicyclic) bond motifs is 11. The lowest BCUT2D eigenvalue weighted by atomic mass is 9.87. The molecule has 0 aliphatic heterocycles. The van der Waals surface area contributed by atoms with Gasteiger partial charge in [0.05, 0.1) is 33.1 Å². The first-order valence-electron chi connectivity index (χ1n) is 22.4. The lowest BCUT2D eigenvalue weighted by Crippen LogP contribution is -2.22. The largest absolute Gasteiger partial charge is 0.309 e. The molecule has 0 bridgehead atoms. The van der Waals surface area contributed by atoms with Gasteiger partial charge in [-0.2, -0.15) is 0 Å². The molecule has 5 nitrogen and oxygen atoms in total. The maximum Gasteiger partial charge on any atom is 0.267 e. The van der Waals surface area contributed by atoms with E-state index in [0.29, 0.717) is 16.6 Å². The predicted octanol–water partition coefficient (Wildman–Crippen LogP) is 14.3. The second-order valence-corrected chi connectivity index (χ2v) is 17.1. The number of aromatic nitrogens is 4. The fourth-order valence-electron chi connectivity index (χ4n) is 10.6. The Morgan fingerprint density at radius 2 is 1.11 bits per heavy atom. The molecule has 9 aromatic carbocycles. The summed E-state index contributed by atoms with van der Waals surface area (Å²) in [5.41, 5.74) is 14.5. The van der Waals surface area contributed by atoms with Crippen LogP contribution >= 0.6 is 0 Å². The molecule has 0 amide bonds. The van der Waals surface area contributed by atoms with E-state index < -0.39 is 0 Å². The summed E-state index contributed by atoms with van der Waals surface area (Å²) < 4.78 is 4.23. The third kappa shape index (κ3) is 5.89. The van der Waals surface area contributed by atoms with Crippen molar-refractivity contribution in [2.75, 3.05) is 0 Å². The topological polar surface area (TPSA) is 52.7 Å². The molecule has 5 heteroatoms. The Morgan fingerprint density at radius 1 is 0.462 bits per heavy atom. The lowest BCUT2D eigenvalue weighted by Gasteiger charge is -2.21. The number of pyridine rings is 1. The highest BCUT2D eigenvalue weighted by Gasteiger charge is 2.29. The minimum Gasteiger partial charge on any atom is -0.309 e. The van der Waals surface area contributed by atoms with Gasteiger partial charge in [-0.1, -0.05) is 164 Å². The van der Waals surface area contributed by atoms with Gasteiger partial charge in [-0.05, 0) is 100 Å². The number of hydrogen-bond acceptors (Lipinski definition) is 3. The monoisotopic (exact) mass is 832 g/mol. The van der Waals surface area contributed by atoms with Crippen molar-refractivity contribution < 1.29 is 0 Å². The maximum absolute atomic E-state index is 15.4. The van der Waals surface area contributed by atoms with Gasteiger partial charge in [-0.25, -0.2) is 9.97 Å². The SMILES string of the molecule is O=c1c2c(-c3ccccc3)nc(C3CCc4ccccc4-c4cc(-c5ccc6c(c5)c5ccccc5n6-c5ccccc5)ccc43)nc2c2ccc3ccccc3c2n1-c1ccccc1. The lowest BCUT2D eigenvalue weighted by molar-refractivity contribution is 0.685. The standard InChI is InChI=1S/C60H40N4O/c65-60-55-56(40-18-4-1-5-19-40)61-59(62-57(55)50-34-29-39-17-11-13-25-46(39)58(50)64(60)44-22-8-3-9-23-44)49-33-28-38-16-10-12-24-45(38)51-36-41(30-32-47(49)51)42-31-35-54-52(37-42)48-26-14-15-27-53(48)63(54)43-20-6-2-7-21-43/h1-27,29-32,34-37,49H,28,33H2. The fraction of sp³-hybridized carbons (Fsp3) is 0.0500. The van der Waals surface area contributed by atoms with E-state index in [1.54, 1.807) is 0 Å². The summed E-state index contributed by atoms with van der Waals surface area (Å²) in [6.07, 6.45) is 1.68. The average Bonchev–Trinajstić information content (AvgIpc) is 3.61. The Morgan fingerprint density at radius 3 is 1.92 bits per heavy atom. The van der Waals surface area contributed by atoms with Gasteiger partial charge in [0.15, 0.2) is 0 Å². The highest BCUT2D eigenvalue weighted by atomic mass is 16.1. The minimum absolute atomic E-state index is 0.136. The first kappa shape index (κ1) is 37.2.